The van der Waals surface area contributed by atoms with Crippen molar-refractivity contribution in [2.45, 2.75) is 16.1 Å². The number of aliphatic hydroxyl groups is 1. The van der Waals surface area contributed by atoms with Crippen molar-refractivity contribution in [1.29, 1.82) is 0 Å². The Balaban J connectivity index is 1.54. The van der Waals surface area contributed by atoms with E-state index in [0.717, 1.165) is 5.56 Å². The first-order valence-electron chi connectivity index (χ1n) is 11.9. The molecule has 0 spiro atoms. The molecule has 1 aliphatic heterocycles. The molecule has 5 rings (SSSR count). The number of benzene rings is 3. The van der Waals surface area contributed by atoms with Crippen LogP contribution in [0, 0.1) is 0 Å². The van der Waals surface area contributed by atoms with Gasteiger partial charge in [-0.15, -0.1) is 10.2 Å². The first-order chi connectivity index (χ1) is 19.0. The Morgan fingerprint density at radius 3 is 2.59 bits per heavy atom. The van der Waals surface area contributed by atoms with Crippen molar-refractivity contribution in [3.8, 4) is 5.75 Å². The molecule has 39 heavy (non-hydrogen) atoms. The number of aromatic nitrogens is 2. The highest BCUT2D eigenvalue weighted by atomic mass is 35.5. The molecule has 0 radical (unpaired) electrons. The van der Waals surface area contributed by atoms with Crippen molar-refractivity contribution >= 4 is 57.3 Å². The van der Waals surface area contributed by atoms with E-state index in [4.69, 9.17) is 16.3 Å². The Kier molecular flexibility index (Phi) is 8.11. The number of carbonyl (C=O) groups is 2. The maximum absolute atomic E-state index is 13.4. The zero-order valence-corrected chi connectivity index (χ0v) is 22.9. The number of ether oxygens (including phenoxy) is 1. The normalized spacial score (nSPS) is 16.4. The molecule has 1 fully saturated rings. The number of ketones is 1. The second-order valence-corrected chi connectivity index (χ2v) is 11.1. The molecule has 1 aliphatic rings. The third-order valence-electron chi connectivity index (χ3n) is 5.91. The van der Waals surface area contributed by atoms with Crippen LogP contribution >= 0.6 is 34.7 Å². The lowest BCUT2D eigenvalue weighted by Crippen LogP contribution is -2.29. The van der Waals surface area contributed by atoms with E-state index >= 15 is 0 Å². The van der Waals surface area contributed by atoms with E-state index in [-0.39, 0.29) is 23.1 Å². The fourth-order valence-electron chi connectivity index (χ4n) is 4.11. The minimum atomic E-state index is -0.931. The molecule has 7 nitrogen and oxygen atoms in total. The average molecular weight is 576 g/mol. The van der Waals surface area contributed by atoms with E-state index in [2.05, 4.69) is 16.8 Å². The zero-order valence-electron chi connectivity index (χ0n) is 20.5. The average Bonchev–Trinajstić information content (AvgIpc) is 3.53. The van der Waals surface area contributed by atoms with Gasteiger partial charge in [-0.2, -0.15) is 0 Å². The lowest BCUT2D eigenvalue weighted by atomic mass is 9.95. The van der Waals surface area contributed by atoms with E-state index in [0.29, 0.717) is 32.0 Å². The maximum Gasteiger partial charge on any atom is 0.301 e. The number of amides is 1. The Bertz CT molecular complexity index is 1550. The van der Waals surface area contributed by atoms with Gasteiger partial charge in [0.05, 0.1) is 11.6 Å². The van der Waals surface area contributed by atoms with Crippen molar-refractivity contribution in [3.63, 3.8) is 0 Å². The number of hydrogen-bond acceptors (Lipinski definition) is 8. The SMILES string of the molecule is C=CCOc1cccc(C2C(=C(O)c3ccccc3)C(=O)C(=O)N2c2nnc(SCc3ccc(Cl)cc3)s2)c1. The fraction of sp³-hybridized carbons (Fsp3) is 0.103. The number of hydrogen-bond donors (Lipinski definition) is 1. The Labute approximate surface area is 238 Å². The molecule has 0 aliphatic carbocycles. The molecule has 1 amide bonds. The third-order valence-corrected chi connectivity index (χ3v) is 8.29. The summed E-state index contributed by atoms with van der Waals surface area (Å²) in [4.78, 5) is 28.1. The second kappa shape index (κ2) is 11.9. The first kappa shape index (κ1) is 26.7. The van der Waals surface area contributed by atoms with Gasteiger partial charge in [-0.25, -0.2) is 0 Å². The molecule has 1 saturated heterocycles. The molecule has 1 aromatic heterocycles. The molecular weight excluding hydrogens is 554 g/mol. The number of halogens is 1. The van der Waals surface area contributed by atoms with Crippen LogP contribution in [0.4, 0.5) is 5.13 Å². The van der Waals surface area contributed by atoms with E-state index in [1.807, 2.05) is 24.3 Å². The molecule has 1 atom stereocenters. The highest BCUT2D eigenvalue weighted by Crippen LogP contribution is 2.44. The summed E-state index contributed by atoms with van der Waals surface area (Å²) in [5.41, 5.74) is 2.04. The minimum absolute atomic E-state index is 0.0300. The van der Waals surface area contributed by atoms with Crippen LogP contribution in [0.3, 0.4) is 0 Å². The highest BCUT2D eigenvalue weighted by molar-refractivity contribution is 8.00. The predicted octanol–water partition coefficient (Wildman–Crippen LogP) is 6.67. The van der Waals surface area contributed by atoms with Gasteiger partial charge in [-0.1, -0.05) is 102 Å². The molecule has 2 heterocycles. The molecule has 196 valence electrons. The van der Waals surface area contributed by atoms with Crippen molar-refractivity contribution in [2.24, 2.45) is 0 Å². The monoisotopic (exact) mass is 575 g/mol. The van der Waals surface area contributed by atoms with Crippen LogP contribution in [0.15, 0.2) is 101 Å². The Morgan fingerprint density at radius 1 is 1.08 bits per heavy atom. The lowest BCUT2D eigenvalue weighted by molar-refractivity contribution is -0.132. The molecule has 1 unspecified atom stereocenters. The minimum Gasteiger partial charge on any atom is -0.507 e. The van der Waals surface area contributed by atoms with Crippen LogP contribution in [-0.2, 0) is 15.3 Å². The van der Waals surface area contributed by atoms with Gasteiger partial charge >= 0.3 is 5.91 Å². The number of anilines is 1. The van der Waals surface area contributed by atoms with Crippen LogP contribution in [0.25, 0.3) is 5.76 Å². The number of rotatable bonds is 9. The molecular formula is C29H22ClN3O4S2. The van der Waals surface area contributed by atoms with Gasteiger partial charge < -0.3 is 9.84 Å². The van der Waals surface area contributed by atoms with Gasteiger partial charge in [0.2, 0.25) is 5.13 Å². The highest BCUT2D eigenvalue weighted by Gasteiger charge is 2.48. The summed E-state index contributed by atoms with van der Waals surface area (Å²) in [5, 5.41) is 20.7. The third kappa shape index (κ3) is 5.75. The van der Waals surface area contributed by atoms with Crippen LogP contribution in [0.1, 0.15) is 22.7 Å². The molecule has 10 heteroatoms. The summed E-state index contributed by atoms with van der Waals surface area (Å²) in [7, 11) is 0. The van der Waals surface area contributed by atoms with Gasteiger partial charge in [0.1, 0.15) is 18.1 Å². The van der Waals surface area contributed by atoms with Crippen molar-refractivity contribution in [1.82, 2.24) is 10.2 Å². The molecule has 4 aromatic rings. The summed E-state index contributed by atoms with van der Waals surface area (Å²) in [6.07, 6.45) is 1.62. The number of aliphatic hydroxyl groups excluding tert-OH is 1. The fourth-order valence-corrected chi connectivity index (χ4v) is 6.06. The molecule has 1 N–H and O–H groups in total. The van der Waals surface area contributed by atoms with E-state index in [9.17, 15) is 14.7 Å². The summed E-state index contributed by atoms with van der Waals surface area (Å²) < 4.78 is 6.33. The Morgan fingerprint density at radius 2 is 1.85 bits per heavy atom. The second-order valence-electron chi connectivity index (χ2n) is 8.47. The van der Waals surface area contributed by atoms with E-state index in [1.165, 1.54) is 28.0 Å². The largest absolute Gasteiger partial charge is 0.507 e. The molecule has 0 saturated carbocycles. The maximum atomic E-state index is 13.4. The van der Waals surface area contributed by atoms with Crippen LogP contribution in [-0.4, -0.2) is 33.6 Å². The standard InChI is InChI=1S/C29H22ClN3O4S2/c1-2-15-37-22-10-6-9-20(16-22)24-23(25(34)19-7-4-3-5-8-19)26(35)27(36)33(24)28-31-32-29(39-28)38-17-18-11-13-21(30)14-12-18/h2-14,16,24,34H,1,15,17H2. The smallest absolute Gasteiger partial charge is 0.301 e. The quantitative estimate of drug-likeness (QED) is 0.0594. The number of thioether (sulfide) groups is 1. The van der Waals surface area contributed by atoms with Crippen molar-refractivity contribution in [2.75, 3.05) is 11.5 Å². The summed E-state index contributed by atoms with van der Waals surface area (Å²) in [6.45, 7) is 3.96. The first-order valence-corrected chi connectivity index (χ1v) is 14.0. The van der Waals surface area contributed by atoms with Crippen LogP contribution in [0.2, 0.25) is 5.02 Å². The van der Waals surface area contributed by atoms with Gasteiger partial charge in [0.25, 0.3) is 5.78 Å². The predicted molar refractivity (Wildman–Crippen MR) is 154 cm³/mol. The van der Waals surface area contributed by atoms with Crippen LogP contribution < -0.4 is 9.64 Å². The summed E-state index contributed by atoms with van der Waals surface area (Å²) in [5.74, 6) is -0.690. The van der Waals surface area contributed by atoms with Gasteiger partial charge in [0.15, 0.2) is 4.34 Å². The lowest BCUT2D eigenvalue weighted by Gasteiger charge is -2.23. The number of carbonyl (C=O) groups excluding carboxylic acids is 2. The molecule has 3 aromatic carbocycles. The molecule has 0 bridgehead atoms. The zero-order chi connectivity index (χ0) is 27.4. The topological polar surface area (TPSA) is 92.6 Å². The van der Waals surface area contributed by atoms with Gasteiger partial charge in [-0.3, -0.25) is 14.5 Å². The van der Waals surface area contributed by atoms with Gasteiger partial charge in [0, 0.05) is 16.3 Å². The van der Waals surface area contributed by atoms with E-state index in [1.54, 1.807) is 60.7 Å². The number of Topliss-reactive ketones (excluding diaryl/α,β-unsaturated/α-hetero) is 1. The Hall–Kier alpha value is -3.92. The summed E-state index contributed by atoms with van der Waals surface area (Å²) in [6, 6.07) is 22.3. The number of nitrogens with zero attached hydrogens (tertiary/aromatic N) is 3. The van der Waals surface area contributed by atoms with Crippen molar-refractivity contribution < 1.29 is 19.4 Å². The van der Waals surface area contributed by atoms with Crippen LogP contribution in [0.5, 0.6) is 5.75 Å². The van der Waals surface area contributed by atoms with Gasteiger partial charge in [-0.05, 0) is 35.4 Å². The van der Waals surface area contributed by atoms with Crippen molar-refractivity contribution in [3.05, 3.63) is 119 Å². The van der Waals surface area contributed by atoms with E-state index < -0.39 is 17.7 Å². The summed E-state index contributed by atoms with van der Waals surface area (Å²) >= 11 is 8.64.